The number of halogens is 2. The predicted molar refractivity (Wildman–Crippen MR) is 108 cm³/mol. The van der Waals surface area contributed by atoms with Gasteiger partial charge in [0.2, 0.25) is 5.95 Å². The van der Waals surface area contributed by atoms with Gasteiger partial charge < -0.3 is 9.47 Å². The normalized spacial score (nSPS) is 12.6. The van der Waals surface area contributed by atoms with Gasteiger partial charge in [0.15, 0.2) is 6.10 Å². The van der Waals surface area contributed by atoms with Crippen LogP contribution < -0.4 is 4.74 Å². The standard InChI is InChI=1S/C22H21ClFNO3/c1-13(21(26)28-22(2,3)4)27-14-9-10-16-17(12-20(24)25-19(16)11-14)15-7-5-6-8-18(15)23/h5-13H,1-4H3. The predicted octanol–water partition coefficient (Wildman–Crippen LogP) is 5.80. The molecule has 0 aliphatic rings. The van der Waals surface area contributed by atoms with Gasteiger partial charge in [0.05, 0.1) is 5.52 Å². The van der Waals surface area contributed by atoms with Crippen molar-refractivity contribution in [3.63, 3.8) is 0 Å². The summed E-state index contributed by atoms with van der Waals surface area (Å²) in [5.41, 5.74) is 1.15. The molecule has 0 spiro atoms. The van der Waals surface area contributed by atoms with E-state index in [0.717, 1.165) is 5.39 Å². The summed E-state index contributed by atoms with van der Waals surface area (Å²) in [6.45, 7) is 6.97. The second-order valence-corrected chi connectivity index (χ2v) is 7.85. The highest BCUT2D eigenvalue weighted by Crippen LogP contribution is 2.34. The number of hydrogen-bond acceptors (Lipinski definition) is 4. The Balaban J connectivity index is 1.95. The molecular formula is C22H21ClFNO3. The van der Waals surface area contributed by atoms with Crippen molar-refractivity contribution in [3.8, 4) is 16.9 Å². The van der Waals surface area contributed by atoms with Crippen molar-refractivity contribution in [3.05, 3.63) is 59.5 Å². The maximum atomic E-state index is 14.2. The minimum Gasteiger partial charge on any atom is -0.479 e. The fourth-order valence-corrected chi connectivity index (χ4v) is 3.03. The molecule has 0 saturated carbocycles. The first-order valence-corrected chi connectivity index (χ1v) is 9.26. The molecule has 2 aromatic carbocycles. The molecule has 0 fully saturated rings. The number of carbonyl (C=O) groups is 1. The molecule has 0 bridgehead atoms. The quantitative estimate of drug-likeness (QED) is 0.409. The second kappa shape index (κ2) is 7.76. The molecule has 3 aromatic rings. The van der Waals surface area contributed by atoms with E-state index in [1.54, 1.807) is 52.0 Å². The van der Waals surface area contributed by atoms with Crippen LogP contribution in [0.3, 0.4) is 0 Å². The first-order valence-electron chi connectivity index (χ1n) is 8.89. The van der Waals surface area contributed by atoms with Crippen LogP contribution in [0.2, 0.25) is 5.02 Å². The van der Waals surface area contributed by atoms with Crippen molar-refractivity contribution in [2.24, 2.45) is 0 Å². The zero-order valence-electron chi connectivity index (χ0n) is 16.1. The van der Waals surface area contributed by atoms with Gasteiger partial charge in [0.25, 0.3) is 0 Å². The van der Waals surface area contributed by atoms with E-state index in [-0.39, 0.29) is 0 Å². The maximum absolute atomic E-state index is 14.2. The number of benzene rings is 2. The van der Waals surface area contributed by atoms with Crippen molar-refractivity contribution in [2.75, 3.05) is 0 Å². The van der Waals surface area contributed by atoms with E-state index in [4.69, 9.17) is 21.1 Å². The fourth-order valence-electron chi connectivity index (χ4n) is 2.79. The highest BCUT2D eigenvalue weighted by molar-refractivity contribution is 6.33. The van der Waals surface area contributed by atoms with E-state index >= 15 is 0 Å². The number of hydrogen-bond donors (Lipinski definition) is 0. The zero-order chi connectivity index (χ0) is 20.5. The van der Waals surface area contributed by atoms with Crippen molar-refractivity contribution in [1.29, 1.82) is 0 Å². The van der Waals surface area contributed by atoms with Crippen LogP contribution in [0, 0.1) is 5.95 Å². The molecule has 1 unspecified atom stereocenters. The maximum Gasteiger partial charge on any atom is 0.347 e. The van der Waals surface area contributed by atoms with E-state index < -0.39 is 23.6 Å². The van der Waals surface area contributed by atoms with Crippen LogP contribution in [0.1, 0.15) is 27.7 Å². The van der Waals surface area contributed by atoms with Crippen LogP contribution in [-0.4, -0.2) is 22.7 Å². The third kappa shape index (κ3) is 4.60. The average molecular weight is 402 g/mol. The minimum absolute atomic E-state index is 0.397. The molecule has 6 heteroatoms. The molecule has 0 aliphatic heterocycles. The SMILES string of the molecule is CC(Oc1ccc2c(-c3ccccc3Cl)cc(F)nc2c1)C(=O)OC(C)(C)C. The van der Waals surface area contributed by atoms with Gasteiger partial charge in [-0.2, -0.15) is 4.39 Å². The molecular weight excluding hydrogens is 381 g/mol. The van der Waals surface area contributed by atoms with Crippen LogP contribution >= 0.6 is 11.6 Å². The molecule has 3 rings (SSSR count). The minimum atomic E-state index is -0.812. The Bertz CT molecular complexity index is 1030. The largest absolute Gasteiger partial charge is 0.479 e. The molecule has 1 aromatic heterocycles. The third-order valence-electron chi connectivity index (χ3n) is 3.97. The lowest BCUT2D eigenvalue weighted by molar-refractivity contribution is -0.162. The van der Waals surface area contributed by atoms with Gasteiger partial charge in [-0.3, -0.25) is 0 Å². The number of nitrogens with zero attached hydrogens (tertiary/aromatic N) is 1. The summed E-state index contributed by atoms with van der Waals surface area (Å²) in [4.78, 5) is 16.1. The molecule has 0 N–H and O–H groups in total. The van der Waals surface area contributed by atoms with Gasteiger partial charge in [-0.25, -0.2) is 9.78 Å². The van der Waals surface area contributed by atoms with Gasteiger partial charge in [-0.1, -0.05) is 29.8 Å². The number of aromatic nitrogens is 1. The molecule has 0 radical (unpaired) electrons. The van der Waals surface area contributed by atoms with E-state index in [1.165, 1.54) is 6.07 Å². The van der Waals surface area contributed by atoms with Gasteiger partial charge in [0.1, 0.15) is 11.4 Å². The van der Waals surface area contributed by atoms with Gasteiger partial charge in [-0.15, -0.1) is 0 Å². The Morgan fingerprint density at radius 1 is 1.11 bits per heavy atom. The summed E-state index contributed by atoms with van der Waals surface area (Å²) in [5, 5.41) is 1.25. The second-order valence-electron chi connectivity index (χ2n) is 7.44. The van der Waals surface area contributed by atoms with Gasteiger partial charge >= 0.3 is 5.97 Å². The average Bonchev–Trinajstić information content (AvgIpc) is 2.59. The van der Waals surface area contributed by atoms with E-state index in [2.05, 4.69) is 4.98 Å². The Labute approximate surface area is 168 Å². The molecule has 1 atom stereocenters. The molecule has 0 aliphatic carbocycles. The Kier molecular flexibility index (Phi) is 5.57. The fraction of sp³-hybridized carbons (Fsp3) is 0.273. The zero-order valence-corrected chi connectivity index (χ0v) is 16.9. The molecule has 1 heterocycles. The van der Waals surface area contributed by atoms with Crippen molar-refractivity contribution < 1.29 is 18.7 Å². The lowest BCUT2D eigenvalue weighted by Gasteiger charge is -2.22. The molecule has 4 nitrogen and oxygen atoms in total. The van der Waals surface area contributed by atoms with Crippen LogP contribution in [0.5, 0.6) is 5.75 Å². The number of ether oxygens (including phenoxy) is 2. The number of esters is 1. The summed E-state index contributed by atoms with van der Waals surface area (Å²) < 4.78 is 25.1. The summed E-state index contributed by atoms with van der Waals surface area (Å²) >= 11 is 6.28. The smallest absolute Gasteiger partial charge is 0.347 e. The molecule has 0 saturated heterocycles. The van der Waals surface area contributed by atoms with Gasteiger partial charge in [0, 0.05) is 28.1 Å². The topological polar surface area (TPSA) is 48.4 Å². The van der Waals surface area contributed by atoms with Crippen molar-refractivity contribution in [1.82, 2.24) is 4.98 Å². The number of rotatable bonds is 4. The first-order chi connectivity index (χ1) is 13.1. The van der Waals surface area contributed by atoms with Crippen molar-refractivity contribution >= 4 is 28.5 Å². The third-order valence-corrected chi connectivity index (χ3v) is 4.30. The Hall–Kier alpha value is -2.66. The lowest BCUT2D eigenvalue weighted by Crippen LogP contribution is -2.33. The molecule has 28 heavy (non-hydrogen) atoms. The monoisotopic (exact) mass is 401 g/mol. The number of carbonyl (C=O) groups excluding carboxylic acids is 1. The highest BCUT2D eigenvalue weighted by Gasteiger charge is 2.23. The van der Waals surface area contributed by atoms with Gasteiger partial charge in [-0.05, 0) is 51.5 Å². The summed E-state index contributed by atoms with van der Waals surface area (Å²) in [6, 6.07) is 13.7. The summed E-state index contributed by atoms with van der Waals surface area (Å²) in [7, 11) is 0. The van der Waals surface area contributed by atoms with Crippen molar-refractivity contribution in [2.45, 2.75) is 39.4 Å². The van der Waals surface area contributed by atoms with E-state index in [1.807, 2.05) is 18.2 Å². The Morgan fingerprint density at radius 2 is 1.82 bits per heavy atom. The van der Waals surface area contributed by atoms with Crippen LogP contribution in [-0.2, 0) is 9.53 Å². The number of pyridine rings is 1. The van der Waals surface area contributed by atoms with E-state index in [9.17, 15) is 9.18 Å². The lowest BCUT2D eigenvalue weighted by atomic mass is 10.0. The number of fused-ring (bicyclic) bond motifs is 1. The first kappa shape index (κ1) is 20.1. The Morgan fingerprint density at radius 3 is 2.50 bits per heavy atom. The molecule has 0 amide bonds. The summed E-state index contributed by atoms with van der Waals surface area (Å²) in [5.74, 6) is -0.703. The molecule has 146 valence electrons. The highest BCUT2D eigenvalue weighted by atomic mass is 35.5. The van der Waals surface area contributed by atoms with Crippen LogP contribution in [0.4, 0.5) is 4.39 Å². The van der Waals surface area contributed by atoms with Crippen LogP contribution in [0.25, 0.3) is 22.0 Å². The summed E-state index contributed by atoms with van der Waals surface area (Å²) in [6.07, 6.45) is -0.812. The van der Waals surface area contributed by atoms with Crippen LogP contribution in [0.15, 0.2) is 48.5 Å². The van der Waals surface area contributed by atoms with E-state index in [0.29, 0.717) is 27.4 Å².